The van der Waals surface area contributed by atoms with Gasteiger partial charge in [0, 0.05) is 31.7 Å². The standard InChI is InChI=1S/C21H37N3O6S/c1-2-15-31(27,28)24-10-6-7-18(24)20(26)30-16-19(25)22-17-21(8-4-3-5-9-21)23-11-13-29-14-12-23/h18H,2-17H2,1H3,(H,22,25). The quantitative estimate of drug-likeness (QED) is 0.511. The van der Waals surface area contributed by atoms with Crippen molar-refractivity contribution in [3.8, 4) is 0 Å². The van der Waals surface area contributed by atoms with E-state index in [0.717, 1.165) is 38.8 Å². The normalized spacial score (nSPS) is 25.3. The predicted molar refractivity (Wildman–Crippen MR) is 116 cm³/mol. The van der Waals surface area contributed by atoms with Crippen LogP contribution in [0.1, 0.15) is 58.3 Å². The lowest BCUT2D eigenvalue weighted by atomic mass is 9.79. The van der Waals surface area contributed by atoms with E-state index < -0.39 is 22.0 Å². The molecule has 9 nitrogen and oxygen atoms in total. The molecule has 0 bridgehead atoms. The summed E-state index contributed by atoms with van der Waals surface area (Å²) in [5.41, 5.74) is -0.0574. The highest BCUT2D eigenvalue weighted by atomic mass is 32.2. The maximum Gasteiger partial charge on any atom is 0.324 e. The Balaban J connectivity index is 1.50. The number of hydrogen-bond acceptors (Lipinski definition) is 7. The number of nitrogens with zero attached hydrogens (tertiary/aromatic N) is 2. The van der Waals surface area contributed by atoms with Crippen LogP contribution in [0.5, 0.6) is 0 Å². The van der Waals surface area contributed by atoms with Gasteiger partial charge in [-0.3, -0.25) is 14.5 Å². The molecule has 3 fully saturated rings. The first-order valence-corrected chi connectivity index (χ1v) is 13.2. The van der Waals surface area contributed by atoms with Gasteiger partial charge in [0.2, 0.25) is 10.0 Å². The average molecular weight is 460 g/mol. The van der Waals surface area contributed by atoms with Gasteiger partial charge < -0.3 is 14.8 Å². The van der Waals surface area contributed by atoms with Crippen molar-refractivity contribution < 1.29 is 27.5 Å². The van der Waals surface area contributed by atoms with Gasteiger partial charge in [-0.15, -0.1) is 0 Å². The van der Waals surface area contributed by atoms with Gasteiger partial charge >= 0.3 is 5.97 Å². The highest BCUT2D eigenvalue weighted by Crippen LogP contribution is 2.33. The fourth-order valence-corrected chi connectivity index (χ4v) is 6.82. The van der Waals surface area contributed by atoms with Crippen molar-refractivity contribution in [3.05, 3.63) is 0 Å². The van der Waals surface area contributed by atoms with Crippen LogP contribution in [-0.2, 0) is 29.1 Å². The van der Waals surface area contributed by atoms with Crippen molar-refractivity contribution in [1.29, 1.82) is 0 Å². The molecule has 0 aromatic rings. The first-order valence-electron chi connectivity index (χ1n) is 11.6. The lowest BCUT2D eigenvalue weighted by Crippen LogP contribution is -2.60. The number of rotatable bonds is 9. The van der Waals surface area contributed by atoms with Crippen molar-refractivity contribution in [3.63, 3.8) is 0 Å². The molecule has 0 spiro atoms. The molecule has 2 heterocycles. The third kappa shape index (κ3) is 6.18. The minimum absolute atomic E-state index is 0.0148. The smallest absolute Gasteiger partial charge is 0.324 e. The largest absolute Gasteiger partial charge is 0.454 e. The van der Waals surface area contributed by atoms with Crippen LogP contribution >= 0.6 is 0 Å². The van der Waals surface area contributed by atoms with Crippen LogP contribution in [0.25, 0.3) is 0 Å². The molecule has 1 amide bonds. The highest BCUT2D eigenvalue weighted by Gasteiger charge is 2.40. The van der Waals surface area contributed by atoms with Crippen LogP contribution in [0.15, 0.2) is 0 Å². The molecule has 0 aromatic heterocycles. The zero-order valence-electron chi connectivity index (χ0n) is 18.6. The summed E-state index contributed by atoms with van der Waals surface area (Å²) < 4.78 is 36.7. The zero-order valence-corrected chi connectivity index (χ0v) is 19.5. The van der Waals surface area contributed by atoms with Crippen LogP contribution < -0.4 is 5.32 Å². The summed E-state index contributed by atoms with van der Waals surface area (Å²) in [4.78, 5) is 27.4. The van der Waals surface area contributed by atoms with E-state index in [4.69, 9.17) is 9.47 Å². The second kappa shape index (κ2) is 11.1. The van der Waals surface area contributed by atoms with Gasteiger partial charge in [0.1, 0.15) is 6.04 Å². The number of carbonyl (C=O) groups is 2. The van der Waals surface area contributed by atoms with Gasteiger partial charge in [0.15, 0.2) is 6.61 Å². The summed E-state index contributed by atoms with van der Waals surface area (Å²) in [5.74, 6) is -0.957. The first-order chi connectivity index (χ1) is 14.9. The Kier molecular flexibility index (Phi) is 8.72. The van der Waals surface area contributed by atoms with Crippen LogP contribution in [0.3, 0.4) is 0 Å². The van der Waals surface area contributed by atoms with Gasteiger partial charge in [-0.05, 0) is 32.1 Å². The third-order valence-electron chi connectivity index (χ3n) is 6.72. The molecule has 1 aliphatic carbocycles. The van der Waals surface area contributed by atoms with Crippen LogP contribution in [0.2, 0.25) is 0 Å². The Morgan fingerprint density at radius 3 is 2.48 bits per heavy atom. The molecule has 1 saturated carbocycles. The molecule has 3 aliphatic rings. The Bertz CT molecular complexity index is 717. The van der Waals surface area contributed by atoms with Crippen LogP contribution in [0, 0.1) is 0 Å². The number of morpholine rings is 1. The van der Waals surface area contributed by atoms with Crippen molar-refractivity contribution in [2.75, 3.05) is 51.8 Å². The molecule has 2 saturated heterocycles. The predicted octanol–water partition coefficient (Wildman–Crippen LogP) is 0.885. The van der Waals surface area contributed by atoms with Gasteiger partial charge in [0.25, 0.3) is 5.91 Å². The van der Waals surface area contributed by atoms with E-state index >= 15 is 0 Å². The molecule has 3 rings (SSSR count). The number of nitrogens with one attached hydrogen (secondary N) is 1. The zero-order chi connectivity index (χ0) is 22.3. The summed E-state index contributed by atoms with van der Waals surface area (Å²) in [6, 6.07) is -0.817. The van der Waals surface area contributed by atoms with Crippen LogP contribution in [0.4, 0.5) is 0 Å². The minimum Gasteiger partial charge on any atom is -0.454 e. The van der Waals surface area contributed by atoms with Gasteiger partial charge in [-0.25, -0.2) is 8.42 Å². The minimum atomic E-state index is -3.47. The Labute approximate surface area is 185 Å². The number of ether oxygens (including phenoxy) is 2. The summed E-state index contributed by atoms with van der Waals surface area (Å²) in [6.45, 7) is 5.44. The summed E-state index contributed by atoms with van der Waals surface area (Å²) in [5, 5.41) is 2.97. The second-order valence-corrected chi connectivity index (χ2v) is 10.9. The van der Waals surface area contributed by atoms with Crippen LogP contribution in [-0.4, -0.2) is 92.8 Å². The van der Waals surface area contributed by atoms with E-state index in [0.29, 0.717) is 45.6 Å². The maximum absolute atomic E-state index is 12.5. The Morgan fingerprint density at radius 2 is 1.81 bits per heavy atom. The fourth-order valence-electron chi connectivity index (χ4n) is 5.08. The summed E-state index contributed by atoms with van der Waals surface area (Å²) in [7, 11) is -3.47. The molecular formula is C21H37N3O6S. The van der Waals surface area contributed by atoms with E-state index in [-0.39, 0.29) is 23.8 Å². The van der Waals surface area contributed by atoms with E-state index in [2.05, 4.69) is 10.2 Å². The number of carbonyl (C=O) groups excluding carboxylic acids is 2. The van der Waals surface area contributed by atoms with Crippen molar-refractivity contribution in [1.82, 2.24) is 14.5 Å². The number of hydrogen-bond donors (Lipinski definition) is 1. The number of esters is 1. The monoisotopic (exact) mass is 459 g/mol. The second-order valence-electron chi connectivity index (χ2n) is 8.85. The Morgan fingerprint density at radius 1 is 1.10 bits per heavy atom. The van der Waals surface area contributed by atoms with E-state index in [1.165, 1.54) is 10.7 Å². The molecule has 2 aliphatic heterocycles. The molecule has 31 heavy (non-hydrogen) atoms. The average Bonchev–Trinajstić information content (AvgIpc) is 3.28. The maximum atomic E-state index is 12.5. The molecule has 10 heteroatoms. The lowest BCUT2D eigenvalue weighted by Gasteiger charge is -2.48. The third-order valence-corrected chi connectivity index (χ3v) is 8.80. The molecular weight excluding hydrogens is 422 g/mol. The molecule has 178 valence electrons. The molecule has 0 aromatic carbocycles. The molecule has 1 N–H and O–H groups in total. The summed E-state index contributed by atoms with van der Waals surface area (Å²) in [6.07, 6.45) is 7.14. The molecule has 0 radical (unpaired) electrons. The Hall–Kier alpha value is -1.23. The fraction of sp³-hybridized carbons (Fsp3) is 0.905. The van der Waals surface area contributed by atoms with Gasteiger partial charge in [0.05, 0.1) is 19.0 Å². The van der Waals surface area contributed by atoms with E-state index in [1.54, 1.807) is 6.92 Å². The number of amides is 1. The van der Waals surface area contributed by atoms with Crippen molar-refractivity contribution in [2.45, 2.75) is 69.9 Å². The van der Waals surface area contributed by atoms with E-state index in [1.807, 2.05) is 0 Å². The van der Waals surface area contributed by atoms with Gasteiger partial charge in [-0.2, -0.15) is 4.31 Å². The highest BCUT2D eigenvalue weighted by molar-refractivity contribution is 7.89. The molecule has 1 atom stereocenters. The SMILES string of the molecule is CCCS(=O)(=O)N1CCCC1C(=O)OCC(=O)NCC1(N2CCOCC2)CCCCC1. The first kappa shape index (κ1) is 24.4. The summed E-state index contributed by atoms with van der Waals surface area (Å²) >= 11 is 0. The number of sulfonamides is 1. The van der Waals surface area contributed by atoms with Gasteiger partial charge in [-0.1, -0.05) is 26.2 Å². The van der Waals surface area contributed by atoms with E-state index in [9.17, 15) is 18.0 Å². The topological polar surface area (TPSA) is 105 Å². The lowest BCUT2D eigenvalue weighted by molar-refractivity contribution is -0.151. The van der Waals surface area contributed by atoms with Crippen molar-refractivity contribution in [2.24, 2.45) is 0 Å². The molecule has 1 unspecified atom stereocenters. The van der Waals surface area contributed by atoms with Crippen molar-refractivity contribution >= 4 is 21.9 Å².